The van der Waals surface area contributed by atoms with E-state index < -0.39 is 11.9 Å². The van der Waals surface area contributed by atoms with Crippen molar-refractivity contribution in [3.05, 3.63) is 55.9 Å². The van der Waals surface area contributed by atoms with Crippen molar-refractivity contribution in [1.82, 2.24) is 0 Å². The highest BCUT2D eigenvalue weighted by Crippen LogP contribution is 2.34. The quantitative estimate of drug-likeness (QED) is 0.868. The van der Waals surface area contributed by atoms with E-state index >= 15 is 0 Å². The molecule has 1 aromatic carbocycles. The third kappa shape index (κ3) is 2.23. The maximum atomic E-state index is 13.2. The molecule has 0 bridgehead atoms. The molecule has 1 unspecified atom stereocenters. The average Bonchev–Trinajstić information content (AvgIpc) is 2.68. The molecule has 1 nitrogen and oxygen atoms in total. The molecule has 0 saturated carbocycles. The van der Waals surface area contributed by atoms with E-state index in [0.29, 0.717) is 14.8 Å². The normalized spacial score (nSPS) is 12.8. The fourth-order valence-corrected chi connectivity index (χ4v) is 2.66. The fourth-order valence-electron chi connectivity index (χ4n) is 1.36. The van der Waals surface area contributed by atoms with E-state index in [1.54, 1.807) is 18.2 Å². The number of aliphatic hydroxyl groups excluding tert-OH is 1. The number of halogens is 3. The van der Waals surface area contributed by atoms with Crippen molar-refractivity contribution in [3.63, 3.8) is 0 Å². The van der Waals surface area contributed by atoms with Crippen LogP contribution < -0.4 is 0 Å². The van der Waals surface area contributed by atoms with Gasteiger partial charge in [0.2, 0.25) is 0 Å². The first-order valence-corrected chi connectivity index (χ1v) is 6.04. The van der Waals surface area contributed by atoms with Crippen LogP contribution in [-0.2, 0) is 0 Å². The summed E-state index contributed by atoms with van der Waals surface area (Å²) in [5.41, 5.74) is 0.347. The summed E-state index contributed by atoms with van der Waals surface area (Å²) in [5, 5.41) is 9.96. The Labute approximate surface area is 106 Å². The average molecular weight is 277 g/mol. The number of hydrogen-bond donors (Lipinski definition) is 1. The first kappa shape index (κ1) is 11.9. The molecule has 0 spiro atoms. The molecular formula is C11H7Cl2FOS. The Balaban J connectivity index is 2.41. The van der Waals surface area contributed by atoms with Gasteiger partial charge in [-0.15, -0.1) is 11.3 Å². The van der Waals surface area contributed by atoms with Crippen molar-refractivity contribution < 1.29 is 9.50 Å². The maximum Gasteiger partial charge on any atom is 0.142 e. The minimum atomic E-state index is -0.944. The minimum absolute atomic E-state index is 0.0560. The van der Waals surface area contributed by atoms with Crippen LogP contribution in [0.25, 0.3) is 0 Å². The van der Waals surface area contributed by atoms with Crippen molar-refractivity contribution >= 4 is 34.5 Å². The standard InChI is InChI=1S/C11H7Cl2FOS/c12-9-5-4-8(16-9)11(15)6-2-1-3-7(14)10(6)13/h1-5,11,15H. The Bertz CT molecular complexity index is 512. The highest BCUT2D eigenvalue weighted by molar-refractivity contribution is 7.16. The summed E-state index contributed by atoms with van der Waals surface area (Å²) in [5.74, 6) is -0.541. The Morgan fingerprint density at radius 3 is 2.56 bits per heavy atom. The van der Waals surface area contributed by atoms with Gasteiger partial charge in [0.25, 0.3) is 0 Å². The third-order valence-electron chi connectivity index (χ3n) is 2.14. The molecule has 84 valence electrons. The highest BCUT2D eigenvalue weighted by atomic mass is 35.5. The second-order valence-electron chi connectivity index (χ2n) is 3.19. The van der Waals surface area contributed by atoms with Gasteiger partial charge in [0.15, 0.2) is 0 Å². The molecular weight excluding hydrogens is 270 g/mol. The molecule has 2 rings (SSSR count). The zero-order valence-corrected chi connectivity index (χ0v) is 10.3. The van der Waals surface area contributed by atoms with Crippen molar-refractivity contribution in [1.29, 1.82) is 0 Å². The van der Waals surface area contributed by atoms with E-state index in [9.17, 15) is 9.50 Å². The number of rotatable bonds is 2. The van der Waals surface area contributed by atoms with Gasteiger partial charge >= 0.3 is 0 Å². The summed E-state index contributed by atoms with van der Waals surface area (Å²) in [6.45, 7) is 0. The van der Waals surface area contributed by atoms with E-state index in [0.717, 1.165) is 0 Å². The number of aliphatic hydroxyl groups is 1. The van der Waals surface area contributed by atoms with Crippen molar-refractivity contribution in [2.24, 2.45) is 0 Å². The van der Waals surface area contributed by atoms with Gasteiger partial charge in [-0.05, 0) is 18.2 Å². The van der Waals surface area contributed by atoms with E-state index in [1.165, 1.54) is 23.5 Å². The van der Waals surface area contributed by atoms with Gasteiger partial charge in [0.1, 0.15) is 11.9 Å². The molecule has 0 aliphatic heterocycles. The lowest BCUT2D eigenvalue weighted by Crippen LogP contribution is -1.99. The minimum Gasteiger partial charge on any atom is -0.383 e. The van der Waals surface area contributed by atoms with Gasteiger partial charge in [-0.25, -0.2) is 4.39 Å². The topological polar surface area (TPSA) is 20.2 Å². The van der Waals surface area contributed by atoms with Crippen molar-refractivity contribution in [2.45, 2.75) is 6.10 Å². The van der Waals surface area contributed by atoms with Crippen LogP contribution in [0.15, 0.2) is 30.3 Å². The van der Waals surface area contributed by atoms with Crippen LogP contribution in [0, 0.1) is 5.82 Å². The smallest absolute Gasteiger partial charge is 0.142 e. The van der Waals surface area contributed by atoms with Gasteiger partial charge in [0, 0.05) is 10.4 Å². The van der Waals surface area contributed by atoms with Crippen LogP contribution in [0.5, 0.6) is 0 Å². The zero-order chi connectivity index (χ0) is 11.7. The SMILES string of the molecule is OC(c1ccc(Cl)s1)c1cccc(F)c1Cl. The summed E-state index contributed by atoms with van der Waals surface area (Å²) in [4.78, 5) is 0.637. The van der Waals surface area contributed by atoms with E-state index in [-0.39, 0.29) is 5.02 Å². The lowest BCUT2D eigenvalue weighted by atomic mass is 10.1. The maximum absolute atomic E-state index is 13.2. The molecule has 0 aliphatic rings. The Hall–Kier alpha value is -0.610. The van der Waals surface area contributed by atoms with Crippen molar-refractivity contribution in [3.8, 4) is 0 Å². The molecule has 1 heterocycles. The zero-order valence-electron chi connectivity index (χ0n) is 7.95. The van der Waals surface area contributed by atoms with Crippen LogP contribution in [0.3, 0.4) is 0 Å². The first-order valence-electron chi connectivity index (χ1n) is 4.47. The highest BCUT2D eigenvalue weighted by Gasteiger charge is 2.17. The van der Waals surface area contributed by atoms with Gasteiger partial charge in [-0.1, -0.05) is 35.3 Å². The lowest BCUT2D eigenvalue weighted by Gasteiger charge is -2.10. The summed E-state index contributed by atoms with van der Waals surface area (Å²) in [6, 6.07) is 7.72. The number of benzene rings is 1. The Morgan fingerprint density at radius 1 is 1.19 bits per heavy atom. The van der Waals surface area contributed by atoms with Crippen LogP contribution in [0.1, 0.15) is 16.5 Å². The summed E-state index contributed by atoms with van der Waals surface area (Å²) < 4.78 is 13.8. The molecule has 0 amide bonds. The number of hydrogen-bond acceptors (Lipinski definition) is 2. The predicted molar refractivity (Wildman–Crippen MR) is 64.8 cm³/mol. The second-order valence-corrected chi connectivity index (χ2v) is 5.31. The largest absolute Gasteiger partial charge is 0.383 e. The second kappa shape index (κ2) is 4.72. The Kier molecular flexibility index (Phi) is 3.50. The van der Waals surface area contributed by atoms with E-state index in [1.807, 2.05) is 0 Å². The molecule has 0 saturated heterocycles. The van der Waals surface area contributed by atoms with Crippen LogP contribution >= 0.6 is 34.5 Å². The predicted octanol–water partition coefficient (Wildman–Crippen LogP) is 4.28. The summed E-state index contributed by atoms with van der Waals surface area (Å²) in [6.07, 6.45) is -0.944. The molecule has 0 fully saturated rings. The molecule has 5 heteroatoms. The van der Waals surface area contributed by atoms with Gasteiger partial charge < -0.3 is 5.11 Å². The van der Waals surface area contributed by atoms with Gasteiger partial charge in [-0.2, -0.15) is 0 Å². The van der Waals surface area contributed by atoms with Crippen LogP contribution in [0.4, 0.5) is 4.39 Å². The molecule has 2 aromatic rings. The monoisotopic (exact) mass is 276 g/mol. The molecule has 0 aliphatic carbocycles. The molecule has 1 N–H and O–H groups in total. The lowest BCUT2D eigenvalue weighted by molar-refractivity contribution is 0.224. The summed E-state index contributed by atoms with van der Waals surface area (Å²) >= 11 is 12.8. The van der Waals surface area contributed by atoms with Crippen LogP contribution in [-0.4, -0.2) is 5.11 Å². The third-order valence-corrected chi connectivity index (χ3v) is 3.82. The summed E-state index contributed by atoms with van der Waals surface area (Å²) in [7, 11) is 0. The first-order chi connectivity index (χ1) is 7.59. The van der Waals surface area contributed by atoms with E-state index in [2.05, 4.69) is 0 Å². The van der Waals surface area contributed by atoms with E-state index in [4.69, 9.17) is 23.2 Å². The van der Waals surface area contributed by atoms with Gasteiger partial charge in [-0.3, -0.25) is 0 Å². The Morgan fingerprint density at radius 2 is 1.94 bits per heavy atom. The molecule has 16 heavy (non-hydrogen) atoms. The van der Waals surface area contributed by atoms with Crippen LogP contribution in [0.2, 0.25) is 9.36 Å². The fraction of sp³-hybridized carbons (Fsp3) is 0.0909. The van der Waals surface area contributed by atoms with Crippen molar-refractivity contribution in [2.75, 3.05) is 0 Å². The van der Waals surface area contributed by atoms with Gasteiger partial charge in [0.05, 0.1) is 9.36 Å². The number of thiophene rings is 1. The molecule has 1 atom stereocenters. The molecule has 0 radical (unpaired) electrons. The molecule has 1 aromatic heterocycles.